The van der Waals surface area contributed by atoms with E-state index in [9.17, 15) is 4.79 Å². The molecule has 2 aromatic carbocycles. The molecule has 1 heterocycles. The molecule has 5 nitrogen and oxygen atoms in total. The van der Waals surface area contributed by atoms with Crippen molar-refractivity contribution in [3.63, 3.8) is 0 Å². The Bertz CT molecular complexity index is 829. The molecule has 122 valence electrons. The molecule has 8 heteroatoms. The Kier molecular flexibility index (Phi) is 5.27. The molecule has 1 unspecified atom stereocenters. The van der Waals surface area contributed by atoms with Gasteiger partial charge in [0.2, 0.25) is 0 Å². The van der Waals surface area contributed by atoms with E-state index in [-0.39, 0.29) is 5.91 Å². The van der Waals surface area contributed by atoms with Gasteiger partial charge < -0.3 is 0 Å². The number of carbonyl (C=O) groups excluding carboxylic acids is 1. The first-order chi connectivity index (χ1) is 11.5. The highest BCUT2D eigenvalue weighted by molar-refractivity contribution is 9.11. The Morgan fingerprint density at radius 2 is 1.71 bits per heavy atom. The number of benzene rings is 2. The molecule has 1 amide bonds. The smallest absolute Gasteiger partial charge is 0.269 e. The van der Waals surface area contributed by atoms with Crippen molar-refractivity contribution in [1.82, 2.24) is 0 Å². The number of hydrogen-bond acceptors (Lipinski definition) is 4. The molecule has 0 aromatic heterocycles. The fourth-order valence-corrected chi connectivity index (χ4v) is 4.61. The van der Waals surface area contributed by atoms with Crippen LogP contribution in [0.5, 0.6) is 0 Å². The summed E-state index contributed by atoms with van der Waals surface area (Å²) in [5, 5.41) is 14.1. The summed E-state index contributed by atoms with van der Waals surface area (Å²) >= 11 is 10.3. The van der Waals surface area contributed by atoms with Gasteiger partial charge in [-0.1, -0.05) is 34.1 Å². The van der Waals surface area contributed by atoms with E-state index < -0.39 is 6.04 Å². The molecule has 0 aliphatic carbocycles. The first-order valence-corrected chi connectivity index (χ1v) is 9.35. The highest BCUT2D eigenvalue weighted by Crippen LogP contribution is 2.37. The summed E-state index contributed by atoms with van der Waals surface area (Å²) in [7, 11) is 0. The summed E-state index contributed by atoms with van der Waals surface area (Å²) < 4.78 is 2.45. The number of hydrazone groups is 1. The molecule has 1 atom stereocenters. The topological polar surface area (TPSA) is 57.4 Å². The lowest BCUT2D eigenvalue weighted by molar-refractivity contribution is -0.117. The Morgan fingerprint density at radius 1 is 1.08 bits per heavy atom. The lowest BCUT2D eigenvalue weighted by atomic mass is 10.2. The standard InChI is InChI=1S/C16H11Br3N4O/c1-9-14(16(24)23(22-9)11-5-3-2-4-6-11)20-21-15-12(18)7-10(17)8-13(15)19/h2-8,14H,1H3. The van der Waals surface area contributed by atoms with E-state index >= 15 is 0 Å². The zero-order valence-electron chi connectivity index (χ0n) is 12.4. The van der Waals surface area contributed by atoms with Gasteiger partial charge in [0.05, 0.1) is 11.4 Å². The van der Waals surface area contributed by atoms with Crippen LogP contribution in [0.4, 0.5) is 11.4 Å². The summed E-state index contributed by atoms with van der Waals surface area (Å²) in [4.78, 5) is 12.6. The van der Waals surface area contributed by atoms with Gasteiger partial charge in [-0.3, -0.25) is 4.79 Å². The van der Waals surface area contributed by atoms with Crippen LogP contribution in [0.1, 0.15) is 6.92 Å². The summed E-state index contributed by atoms with van der Waals surface area (Å²) in [5.74, 6) is -0.216. The van der Waals surface area contributed by atoms with Gasteiger partial charge >= 0.3 is 0 Å². The van der Waals surface area contributed by atoms with Crippen LogP contribution >= 0.6 is 47.8 Å². The number of hydrogen-bond donors (Lipinski definition) is 0. The van der Waals surface area contributed by atoms with Gasteiger partial charge in [-0.2, -0.15) is 20.3 Å². The van der Waals surface area contributed by atoms with E-state index in [0.717, 1.165) is 13.4 Å². The second kappa shape index (κ2) is 7.25. The zero-order chi connectivity index (χ0) is 17.3. The number of nitrogens with zero attached hydrogens (tertiary/aromatic N) is 4. The lowest BCUT2D eigenvalue weighted by Crippen LogP contribution is -2.29. The average Bonchev–Trinajstić information content (AvgIpc) is 2.82. The normalized spacial score (nSPS) is 17.7. The van der Waals surface area contributed by atoms with Crippen LogP contribution in [0.2, 0.25) is 0 Å². The van der Waals surface area contributed by atoms with Crippen molar-refractivity contribution in [2.24, 2.45) is 15.3 Å². The minimum absolute atomic E-state index is 0.216. The first kappa shape index (κ1) is 17.4. The maximum Gasteiger partial charge on any atom is 0.280 e. The Hall–Kier alpha value is -1.38. The number of anilines is 1. The predicted octanol–water partition coefficient (Wildman–Crippen LogP) is 5.85. The van der Waals surface area contributed by atoms with E-state index in [2.05, 4.69) is 63.1 Å². The van der Waals surface area contributed by atoms with E-state index in [0.29, 0.717) is 17.1 Å². The van der Waals surface area contributed by atoms with Crippen molar-refractivity contribution >= 4 is 70.8 Å². The molecular formula is C16H11Br3N4O. The molecule has 0 bridgehead atoms. The van der Waals surface area contributed by atoms with E-state index in [4.69, 9.17) is 0 Å². The van der Waals surface area contributed by atoms with Crippen molar-refractivity contribution < 1.29 is 4.79 Å². The largest absolute Gasteiger partial charge is 0.280 e. The monoisotopic (exact) mass is 512 g/mol. The van der Waals surface area contributed by atoms with Crippen LogP contribution in [-0.4, -0.2) is 17.7 Å². The molecule has 0 saturated carbocycles. The number of amides is 1. The van der Waals surface area contributed by atoms with Gasteiger partial charge in [-0.25, -0.2) is 0 Å². The van der Waals surface area contributed by atoms with Gasteiger partial charge in [0.25, 0.3) is 5.91 Å². The quantitative estimate of drug-likeness (QED) is 0.474. The van der Waals surface area contributed by atoms with E-state index in [1.165, 1.54) is 5.01 Å². The molecule has 0 N–H and O–H groups in total. The van der Waals surface area contributed by atoms with Crippen molar-refractivity contribution in [2.45, 2.75) is 13.0 Å². The Balaban J connectivity index is 1.87. The molecule has 3 rings (SSSR count). The Labute approximate surface area is 164 Å². The van der Waals surface area contributed by atoms with E-state index in [1.54, 1.807) is 6.92 Å². The van der Waals surface area contributed by atoms with Crippen LogP contribution < -0.4 is 5.01 Å². The number of para-hydroxylation sites is 1. The highest BCUT2D eigenvalue weighted by atomic mass is 79.9. The third-order valence-electron chi connectivity index (χ3n) is 3.35. The van der Waals surface area contributed by atoms with Gasteiger partial charge in [0.15, 0.2) is 6.04 Å². The van der Waals surface area contributed by atoms with Crippen molar-refractivity contribution in [1.29, 1.82) is 0 Å². The molecule has 2 aromatic rings. The molecule has 1 aliphatic heterocycles. The molecular weight excluding hydrogens is 504 g/mol. The van der Waals surface area contributed by atoms with Crippen molar-refractivity contribution in [3.8, 4) is 0 Å². The summed E-state index contributed by atoms with van der Waals surface area (Å²) in [5.41, 5.74) is 1.94. The third-order valence-corrected chi connectivity index (χ3v) is 5.02. The maximum absolute atomic E-state index is 12.6. The predicted molar refractivity (Wildman–Crippen MR) is 105 cm³/mol. The fourth-order valence-electron chi connectivity index (χ4n) is 2.19. The van der Waals surface area contributed by atoms with Crippen molar-refractivity contribution in [2.75, 3.05) is 5.01 Å². The summed E-state index contributed by atoms with van der Waals surface area (Å²) in [6.45, 7) is 1.77. The van der Waals surface area contributed by atoms with Crippen LogP contribution in [0.3, 0.4) is 0 Å². The number of azo groups is 1. The SMILES string of the molecule is CC1=NN(c2ccccc2)C(=O)C1N=Nc1c(Br)cc(Br)cc1Br. The maximum atomic E-state index is 12.6. The minimum Gasteiger partial charge on any atom is -0.269 e. The number of halogens is 3. The van der Waals surface area contributed by atoms with Gasteiger partial charge in [-0.05, 0) is 63.0 Å². The average molecular weight is 515 g/mol. The fraction of sp³-hybridized carbons (Fsp3) is 0.125. The van der Waals surface area contributed by atoms with Gasteiger partial charge in [0.1, 0.15) is 5.69 Å². The van der Waals surface area contributed by atoms with Crippen LogP contribution in [0.15, 0.2) is 71.2 Å². The van der Waals surface area contributed by atoms with Crippen LogP contribution in [0.25, 0.3) is 0 Å². The second-order valence-electron chi connectivity index (χ2n) is 5.06. The highest BCUT2D eigenvalue weighted by Gasteiger charge is 2.34. The van der Waals surface area contributed by atoms with Gasteiger partial charge in [0, 0.05) is 13.4 Å². The second-order valence-corrected chi connectivity index (χ2v) is 7.69. The van der Waals surface area contributed by atoms with Crippen molar-refractivity contribution in [3.05, 3.63) is 55.9 Å². The zero-order valence-corrected chi connectivity index (χ0v) is 17.2. The van der Waals surface area contributed by atoms with Gasteiger partial charge in [-0.15, -0.1) is 0 Å². The Morgan fingerprint density at radius 3 is 2.33 bits per heavy atom. The number of carbonyl (C=O) groups is 1. The third kappa shape index (κ3) is 3.50. The first-order valence-electron chi connectivity index (χ1n) is 6.97. The molecule has 24 heavy (non-hydrogen) atoms. The molecule has 1 aliphatic rings. The lowest BCUT2D eigenvalue weighted by Gasteiger charge is -2.12. The summed E-state index contributed by atoms with van der Waals surface area (Å²) in [6, 6.07) is 12.3. The minimum atomic E-state index is -0.715. The molecule has 0 saturated heterocycles. The number of rotatable bonds is 3. The van der Waals surface area contributed by atoms with E-state index in [1.807, 2.05) is 42.5 Å². The molecule has 0 radical (unpaired) electrons. The molecule has 0 spiro atoms. The molecule has 0 fully saturated rings. The van der Waals surface area contributed by atoms with Crippen LogP contribution in [0, 0.1) is 0 Å². The summed E-state index contributed by atoms with van der Waals surface area (Å²) in [6.07, 6.45) is 0. The van der Waals surface area contributed by atoms with Crippen LogP contribution in [-0.2, 0) is 4.79 Å².